The highest BCUT2D eigenvalue weighted by Crippen LogP contribution is 2.20. The molecule has 0 bridgehead atoms. The fourth-order valence-electron chi connectivity index (χ4n) is 2.74. The highest BCUT2D eigenvalue weighted by Gasteiger charge is 2.18. The van der Waals surface area contributed by atoms with Gasteiger partial charge in [-0.1, -0.05) is 32.0 Å². The zero-order chi connectivity index (χ0) is 19.4. The summed E-state index contributed by atoms with van der Waals surface area (Å²) in [5, 5.41) is 6.27. The molecule has 0 unspecified atom stereocenters. The molecule has 27 heavy (non-hydrogen) atoms. The van der Waals surface area contributed by atoms with E-state index in [0.717, 1.165) is 5.39 Å². The molecular formula is C20H22N4O3. The maximum Gasteiger partial charge on any atom is 0.289 e. The fourth-order valence-corrected chi connectivity index (χ4v) is 2.74. The minimum Gasteiger partial charge on any atom is -0.435 e. The van der Waals surface area contributed by atoms with Crippen molar-refractivity contribution in [1.29, 1.82) is 0 Å². The molecule has 7 heteroatoms. The topological polar surface area (TPSA) is 97.1 Å². The number of oxazole rings is 1. The van der Waals surface area contributed by atoms with Crippen LogP contribution in [-0.4, -0.2) is 28.3 Å². The number of benzene rings is 1. The number of amides is 2. The summed E-state index contributed by atoms with van der Waals surface area (Å²) in [7, 11) is 0. The van der Waals surface area contributed by atoms with Crippen LogP contribution in [0.4, 0.5) is 5.69 Å². The molecule has 3 rings (SSSR count). The van der Waals surface area contributed by atoms with Gasteiger partial charge in [-0.3, -0.25) is 14.6 Å². The quantitative estimate of drug-likeness (QED) is 0.699. The van der Waals surface area contributed by atoms with Gasteiger partial charge < -0.3 is 15.1 Å². The third-order valence-electron chi connectivity index (χ3n) is 3.95. The Morgan fingerprint density at radius 2 is 1.96 bits per heavy atom. The standard InChI is InChI=1S/C20H22N4O3/c1-12(2)10-17-23-13(3)19(27-17)20(26)22-11-16(25)24-15-8-4-6-14-7-5-9-21-18(14)15/h4-9,12H,10-11H2,1-3H3,(H,22,26)(H,24,25). The first kappa shape index (κ1) is 18.6. The summed E-state index contributed by atoms with van der Waals surface area (Å²) in [6.45, 7) is 5.63. The SMILES string of the molecule is Cc1nc(CC(C)C)oc1C(=O)NCC(=O)Nc1cccc2cccnc12. The molecule has 0 radical (unpaired) electrons. The first-order valence-electron chi connectivity index (χ1n) is 8.82. The second-order valence-corrected chi connectivity index (χ2v) is 6.73. The third-order valence-corrected chi connectivity index (χ3v) is 3.95. The number of hydrogen-bond acceptors (Lipinski definition) is 5. The molecule has 3 aromatic rings. The Balaban J connectivity index is 1.62. The lowest BCUT2D eigenvalue weighted by Crippen LogP contribution is -2.33. The van der Waals surface area contributed by atoms with Gasteiger partial charge in [-0.15, -0.1) is 0 Å². The van der Waals surface area contributed by atoms with Crippen molar-refractivity contribution < 1.29 is 14.0 Å². The first-order valence-corrected chi connectivity index (χ1v) is 8.82. The highest BCUT2D eigenvalue weighted by molar-refractivity contribution is 6.02. The molecule has 0 fully saturated rings. The summed E-state index contributed by atoms with van der Waals surface area (Å²) >= 11 is 0. The van der Waals surface area contributed by atoms with Crippen LogP contribution in [0.5, 0.6) is 0 Å². The van der Waals surface area contributed by atoms with Crippen LogP contribution in [-0.2, 0) is 11.2 Å². The van der Waals surface area contributed by atoms with Crippen LogP contribution in [0, 0.1) is 12.8 Å². The Kier molecular flexibility index (Phi) is 5.49. The number of carbonyl (C=O) groups excluding carboxylic acids is 2. The Bertz CT molecular complexity index is 973. The van der Waals surface area contributed by atoms with Crippen molar-refractivity contribution in [3.05, 3.63) is 53.9 Å². The Hall–Kier alpha value is -3.22. The lowest BCUT2D eigenvalue weighted by Gasteiger charge is -2.08. The smallest absolute Gasteiger partial charge is 0.289 e. The molecule has 0 saturated carbocycles. The number of aromatic nitrogens is 2. The number of carbonyl (C=O) groups is 2. The van der Waals surface area contributed by atoms with E-state index in [-0.39, 0.29) is 18.2 Å². The molecule has 0 spiro atoms. The second-order valence-electron chi connectivity index (χ2n) is 6.73. The van der Waals surface area contributed by atoms with Gasteiger partial charge in [0, 0.05) is 18.0 Å². The van der Waals surface area contributed by atoms with E-state index in [2.05, 4.69) is 20.6 Å². The van der Waals surface area contributed by atoms with Crippen molar-refractivity contribution in [1.82, 2.24) is 15.3 Å². The monoisotopic (exact) mass is 366 g/mol. The van der Waals surface area contributed by atoms with Gasteiger partial charge in [0.05, 0.1) is 23.4 Å². The van der Waals surface area contributed by atoms with E-state index in [1.165, 1.54) is 0 Å². The van der Waals surface area contributed by atoms with Crippen molar-refractivity contribution in [3.63, 3.8) is 0 Å². The molecule has 0 aliphatic rings. The molecule has 2 amide bonds. The maximum atomic E-state index is 12.3. The van der Waals surface area contributed by atoms with E-state index < -0.39 is 5.91 Å². The van der Waals surface area contributed by atoms with Crippen molar-refractivity contribution in [2.24, 2.45) is 5.92 Å². The van der Waals surface area contributed by atoms with Crippen LogP contribution in [0.1, 0.15) is 36.0 Å². The predicted molar refractivity (Wildman–Crippen MR) is 102 cm³/mol. The predicted octanol–water partition coefficient (Wildman–Crippen LogP) is 3.10. The molecule has 2 aromatic heterocycles. The molecule has 7 nitrogen and oxygen atoms in total. The van der Waals surface area contributed by atoms with E-state index in [1.54, 1.807) is 19.2 Å². The van der Waals surface area contributed by atoms with Crippen LogP contribution < -0.4 is 10.6 Å². The molecule has 0 aliphatic heterocycles. The molecule has 2 heterocycles. The number of hydrogen-bond donors (Lipinski definition) is 2. The van der Waals surface area contributed by atoms with Gasteiger partial charge in [-0.2, -0.15) is 0 Å². The maximum absolute atomic E-state index is 12.3. The number of fused-ring (bicyclic) bond motifs is 1. The van der Waals surface area contributed by atoms with Gasteiger partial charge in [-0.05, 0) is 25.0 Å². The summed E-state index contributed by atoms with van der Waals surface area (Å²) < 4.78 is 5.53. The molecule has 0 aliphatic carbocycles. The van der Waals surface area contributed by atoms with E-state index in [4.69, 9.17) is 4.42 Å². The van der Waals surface area contributed by atoms with Gasteiger partial charge in [0.25, 0.3) is 5.91 Å². The van der Waals surface area contributed by atoms with Crippen molar-refractivity contribution in [2.75, 3.05) is 11.9 Å². The number of pyridine rings is 1. The molecule has 140 valence electrons. The van der Waals surface area contributed by atoms with Crippen LogP contribution in [0.3, 0.4) is 0 Å². The van der Waals surface area contributed by atoms with Gasteiger partial charge in [0.2, 0.25) is 11.7 Å². The van der Waals surface area contributed by atoms with Gasteiger partial charge in [0.1, 0.15) is 0 Å². The van der Waals surface area contributed by atoms with Gasteiger partial charge >= 0.3 is 0 Å². The summed E-state index contributed by atoms with van der Waals surface area (Å²) in [6, 6.07) is 9.28. The van der Waals surface area contributed by atoms with Crippen molar-refractivity contribution in [2.45, 2.75) is 27.2 Å². The van der Waals surface area contributed by atoms with E-state index in [0.29, 0.717) is 35.1 Å². The first-order chi connectivity index (χ1) is 12.9. The Labute approximate surface area is 157 Å². The van der Waals surface area contributed by atoms with Crippen LogP contribution >= 0.6 is 0 Å². The Morgan fingerprint density at radius 1 is 1.19 bits per heavy atom. The minimum atomic E-state index is -0.457. The normalized spacial score (nSPS) is 11.0. The number of anilines is 1. The summed E-state index contributed by atoms with van der Waals surface area (Å²) in [6.07, 6.45) is 2.32. The van der Waals surface area contributed by atoms with E-state index in [1.807, 2.05) is 38.1 Å². The van der Waals surface area contributed by atoms with Gasteiger partial charge in [0.15, 0.2) is 5.89 Å². The summed E-state index contributed by atoms with van der Waals surface area (Å²) in [5.41, 5.74) is 1.81. The van der Waals surface area contributed by atoms with Crippen LogP contribution in [0.2, 0.25) is 0 Å². The zero-order valence-corrected chi connectivity index (χ0v) is 15.6. The fraction of sp³-hybridized carbons (Fsp3) is 0.300. The molecule has 0 saturated heterocycles. The zero-order valence-electron chi connectivity index (χ0n) is 15.6. The number of nitrogens with one attached hydrogen (secondary N) is 2. The van der Waals surface area contributed by atoms with Gasteiger partial charge in [-0.25, -0.2) is 4.98 Å². The van der Waals surface area contributed by atoms with Crippen LogP contribution in [0.15, 0.2) is 40.9 Å². The molecule has 0 atom stereocenters. The number of para-hydroxylation sites is 1. The second kappa shape index (κ2) is 7.99. The molecular weight excluding hydrogens is 344 g/mol. The molecule has 1 aromatic carbocycles. The minimum absolute atomic E-state index is 0.144. The lowest BCUT2D eigenvalue weighted by atomic mass is 10.1. The van der Waals surface area contributed by atoms with Crippen molar-refractivity contribution in [3.8, 4) is 0 Å². The lowest BCUT2D eigenvalue weighted by molar-refractivity contribution is -0.115. The number of rotatable bonds is 6. The largest absolute Gasteiger partial charge is 0.435 e. The van der Waals surface area contributed by atoms with Crippen LogP contribution in [0.25, 0.3) is 10.9 Å². The number of nitrogens with zero attached hydrogens (tertiary/aromatic N) is 2. The average molecular weight is 366 g/mol. The highest BCUT2D eigenvalue weighted by atomic mass is 16.4. The van der Waals surface area contributed by atoms with Crippen molar-refractivity contribution >= 4 is 28.4 Å². The summed E-state index contributed by atoms with van der Waals surface area (Å²) in [4.78, 5) is 33.1. The Morgan fingerprint density at radius 3 is 2.74 bits per heavy atom. The average Bonchev–Trinajstić information content (AvgIpc) is 2.99. The van der Waals surface area contributed by atoms with E-state index in [9.17, 15) is 9.59 Å². The third kappa shape index (κ3) is 4.49. The molecule has 2 N–H and O–H groups in total. The van der Waals surface area contributed by atoms with E-state index >= 15 is 0 Å². The summed E-state index contributed by atoms with van der Waals surface area (Å²) in [5.74, 6) is 0.241. The number of aryl methyl sites for hydroxylation is 1.